The lowest BCUT2D eigenvalue weighted by Gasteiger charge is -2.08. The Morgan fingerprint density at radius 1 is 1.18 bits per heavy atom. The van der Waals surface area contributed by atoms with E-state index in [-0.39, 0.29) is 0 Å². The molecule has 0 spiro atoms. The molecule has 2 nitrogen and oxygen atoms in total. The Bertz CT molecular complexity index is 523. The summed E-state index contributed by atoms with van der Waals surface area (Å²) in [5, 5.41) is 10.0. The lowest BCUT2D eigenvalue weighted by molar-refractivity contribution is 0.306. The van der Waals surface area contributed by atoms with Crippen molar-refractivity contribution in [1.29, 1.82) is 0 Å². The van der Waals surface area contributed by atoms with Crippen molar-refractivity contribution in [3.05, 3.63) is 58.6 Å². The van der Waals surface area contributed by atoms with Gasteiger partial charge in [-0.2, -0.15) is 0 Å². The minimum absolute atomic E-state index is 0.298. The Morgan fingerprint density at radius 2 is 1.94 bits per heavy atom. The molecule has 1 N–H and O–H groups in total. The fourth-order valence-corrected chi connectivity index (χ4v) is 1.72. The lowest BCUT2D eigenvalue weighted by Crippen LogP contribution is -1.96. The Morgan fingerprint density at radius 3 is 2.65 bits per heavy atom. The predicted molar refractivity (Wildman–Crippen MR) is 68.6 cm³/mol. The molecule has 0 aliphatic rings. The molecule has 2 aromatic rings. The molecule has 0 saturated heterocycles. The van der Waals surface area contributed by atoms with Gasteiger partial charge in [0, 0.05) is 0 Å². The molecule has 0 aromatic heterocycles. The van der Waals surface area contributed by atoms with Gasteiger partial charge >= 0.3 is 0 Å². The number of aromatic hydroxyl groups is 1. The van der Waals surface area contributed by atoms with Crippen molar-refractivity contribution in [2.45, 2.75) is 13.5 Å². The van der Waals surface area contributed by atoms with Crippen LogP contribution in [0.3, 0.4) is 0 Å². The van der Waals surface area contributed by atoms with E-state index >= 15 is 0 Å². The van der Waals surface area contributed by atoms with Crippen LogP contribution in [0.25, 0.3) is 0 Å². The van der Waals surface area contributed by atoms with Gasteiger partial charge in [-0.05, 0) is 42.3 Å². The summed E-state index contributed by atoms with van der Waals surface area (Å²) in [5.74, 6) is 0.964. The van der Waals surface area contributed by atoms with Crippen molar-refractivity contribution in [3.63, 3.8) is 0 Å². The second kappa shape index (κ2) is 5.11. The van der Waals surface area contributed by atoms with E-state index in [9.17, 15) is 5.11 Å². The maximum atomic E-state index is 9.41. The Kier molecular flexibility index (Phi) is 3.55. The monoisotopic (exact) mass is 248 g/mol. The molecular weight excluding hydrogens is 236 g/mol. The third kappa shape index (κ3) is 2.92. The number of ether oxygens (including phenoxy) is 1. The summed E-state index contributed by atoms with van der Waals surface area (Å²) in [6.07, 6.45) is 0. The van der Waals surface area contributed by atoms with E-state index in [0.29, 0.717) is 23.1 Å². The summed E-state index contributed by atoms with van der Waals surface area (Å²) < 4.78 is 5.60. The highest BCUT2D eigenvalue weighted by atomic mass is 35.5. The number of halogens is 1. The maximum Gasteiger partial charge on any atom is 0.138 e. The highest BCUT2D eigenvalue weighted by Crippen LogP contribution is 2.24. The number of hydrogen-bond acceptors (Lipinski definition) is 2. The standard InChI is InChI=1S/C14H13ClO2/c1-10-8-11(6-7-13(10)16)9-17-14-5-3-2-4-12(14)15/h2-8,16H,9H2,1H3. The molecule has 3 heteroatoms. The van der Waals surface area contributed by atoms with Gasteiger partial charge in [0.25, 0.3) is 0 Å². The third-order valence-corrected chi connectivity index (χ3v) is 2.80. The summed E-state index contributed by atoms with van der Waals surface area (Å²) in [6.45, 7) is 2.29. The molecule has 0 saturated carbocycles. The number of phenols is 1. The molecule has 0 unspecified atom stereocenters. The van der Waals surface area contributed by atoms with Gasteiger partial charge < -0.3 is 9.84 Å². The van der Waals surface area contributed by atoms with Gasteiger partial charge in [-0.3, -0.25) is 0 Å². The molecule has 0 amide bonds. The second-order valence-corrected chi connectivity index (χ2v) is 4.25. The van der Waals surface area contributed by atoms with Crippen molar-refractivity contribution in [2.24, 2.45) is 0 Å². The highest BCUT2D eigenvalue weighted by Gasteiger charge is 2.02. The molecular formula is C14H13ClO2. The number of benzene rings is 2. The summed E-state index contributed by atoms with van der Waals surface area (Å²) in [7, 11) is 0. The van der Waals surface area contributed by atoms with Gasteiger partial charge in [0.1, 0.15) is 18.1 Å². The average Bonchev–Trinajstić information content (AvgIpc) is 2.32. The smallest absolute Gasteiger partial charge is 0.138 e. The van der Waals surface area contributed by atoms with Crippen molar-refractivity contribution in [2.75, 3.05) is 0 Å². The first kappa shape index (κ1) is 11.8. The first-order valence-corrected chi connectivity index (χ1v) is 5.70. The first-order chi connectivity index (χ1) is 8.16. The zero-order valence-corrected chi connectivity index (χ0v) is 10.2. The fraction of sp³-hybridized carbons (Fsp3) is 0.143. The quantitative estimate of drug-likeness (QED) is 0.892. The fourth-order valence-electron chi connectivity index (χ4n) is 1.53. The van der Waals surface area contributed by atoms with Crippen molar-refractivity contribution >= 4 is 11.6 Å². The largest absolute Gasteiger partial charge is 0.508 e. The van der Waals surface area contributed by atoms with E-state index in [1.54, 1.807) is 12.1 Å². The molecule has 2 rings (SSSR count). The summed E-state index contributed by atoms with van der Waals surface area (Å²) >= 11 is 5.98. The van der Waals surface area contributed by atoms with E-state index in [2.05, 4.69) is 0 Å². The number of phenolic OH excluding ortho intramolecular Hbond substituents is 1. The molecule has 0 heterocycles. The normalized spacial score (nSPS) is 10.2. The summed E-state index contributed by atoms with van der Waals surface area (Å²) in [4.78, 5) is 0. The van der Waals surface area contributed by atoms with Crippen LogP contribution in [0.15, 0.2) is 42.5 Å². The molecule has 0 aliphatic carbocycles. The summed E-state index contributed by atoms with van der Waals surface area (Å²) in [6, 6.07) is 12.8. The van der Waals surface area contributed by atoms with E-state index < -0.39 is 0 Å². The first-order valence-electron chi connectivity index (χ1n) is 5.32. The molecule has 2 aromatic carbocycles. The van der Waals surface area contributed by atoms with Crippen LogP contribution in [0.1, 0.15) is 11.1 Å². The lowest BCUT2D eigenvalue weighted by atomic mass is 10.1. The minimum Gasteiger partial charge on any atom is -0.508 e. The van der Waals surface area contributed by atoms with Crippen LogP contribution in [0.4, 0.5) is 0 Å². The van der Waals surface area contributed by atoms with Crippen molar-refractivity contribution in [1.82, 2.24) is 0 Å². The summed E-state index contributed by atoms with van der Waals surface area (Å²) in [5.41, 5.74) is 1.84. The molecule has 0 radical (unpaired) electrons. The van der Waals surface area contributed by atoms with E-state index in [1.807, 2.05) is 37.3 Å². The van der Waals surface area contributed by atoms with Gasteiger partial charge in [0.15, 0.2) is 0 Å². The van der Waals surface area contributed by atoms with E-state index in [0.717, 1.165) is 11.1 Å². The van der Waals surface area contributed by atoms with Crippen LogP contribution in [-0.2, 0) is 6.61 Å². The third-order valence-electron chi connectivity index (χ3n) is 2.49. The van der Waals surface area contributed by atoms with Crippen LogP contribution >= 0.6 is 11.6 Å². The van der Waals surface area contributed by atoms with Crippen molar-refractivity contribution in [3.8, 4) is 11.5 Å². The van der Waals surface area contributed by atoms with E-state index in [4.69, 9.17) is 16.3 Å². The van der Waals surface area contributed by atoms with Gasteiger partial charge in [0.05, 0.1) is 5.02 Å². The highest BCUT2D eigenvalue weighted by molar-refractivity contribution is 6.32. The van der Waals surface area contributed by atoms with Gasteiger partial charge in [-0.15, -0.1) is 0 Å². The minimum atomic E-state index is 0.298. The maximum absolute atomic E-state index is 9.41. The Hall–Kier alpha value is -1.67. The number of aryl methyl sites for hydroxylation is 1. The number of rotatable bonds is 3. The molecule has 0 fully saturated rings. The van der Waals surface area contributed by atoms with Crippen LogP contribution in [-0.4, -0.2) is 5.11 Å². The second-order valence-electron chi connectivity index (χ2n) is 3.84. The molecule has 17 heavy (non-hydrogen) atoms. The number of para-hydroxylation sites is 1. The van der Waals surface area contributed by atoms with E-state index in [1.165, 1.54) is 0 Å². The molecule has 0 atom stereocenters. The number of hydrogen-bond donors (Lipinski definition) is 1. The van der Waals surface area contributed by atoms with Crippen LogP contribution in [0.2, 0.25) is 5.02 Å². The zero-order chi connectivity index (χ0) is 12.3. The Labute approximate surface area is 105 Å². The van der Waals surface area contributed by atoms with Gasteiger partial charge in [0.2, 0.25) is 0 Å². The SMILES string of the molecule is Cc1cc(COc2ccccc2Cl)ccc1O. The van der Waals surface area contributed by atoms with Gasteiger partial charge in [-0.25, -0.2) is 0 Å². The van der Waals surface area contributed by atoms with Gasteiger partial charge in [-0.1, -0.05) is 29.8 Å². The predicted octanol–water partition coefficient (Wildman–Crippen LogP) is 3.93. The topological polar surface area (TPSA) is 29.5 Å². The van der Waals surface area contributed by atoms with Crippen LogP contribution in [0, 0.1) is 6.92 Å². The molecule has 88 valence electrons. The van der Waals surface area contributed by atoms with Crippen LogP contribution in [0.5, 0.6) is 11.5 Å². The molecule has 0 bridgehead atoms. The Balaban J connectivity index is 2.08. The van der Waals surface area contributed by atoms with Crippen molar-refractivity contribution < 1.29 is 9.84 Å². The van der Waals surface area contributed by atoms with Crippen LogP contribution < -0.4 is 4.74 Å². The zero-order valence-electron chi connectivity index (χ0n) is 9.48. The average molecular weight is 249 g/mol. The molecule has 0 aliphatic heterocycles.